The highest BCUT2D eigenvalue weighted by molar-refractivity contribution is 5.95. The largest absolute Gasteiger partial charge is 0.373 e. The van der Waals surface area contributed by atoms with E-state index in [9.17, 15) is 0 Å². The minimum Gasteiger partial charge on any atom is -0.373 e. The second-order valence-electron chi connectivity index (χ2n) is 4.04. The second-order valence-corrected chi connectivity index (χ2v) is 4.04. The predicted molar refractivity (Wildman–Crippen MR) is 74.5 cm³/mol. The molecule has 2 aromatic carbocycles. The smallest absolute Gasteiger partial charge is 0.162 e. The van der Waals surface area contributed by atoms with Gasteiger partial charge in [-0.1, -0.05) is 42.5 Å². The number of hydrogen-bond acceptors (Lipinski definition) is 3. The van der Waals surface area contributed by atoms with Crippen molar-refractivity contribution in [2.75, 3.05) is 12.4 Å². The van der Waals surface area contributed by atoms with Gasteiger partial charge in [0.1, 0.15) is 5.82 Å². The summed E-state index contributed by atoms with van der Waals surface area (Å²) in [5.74, 6) is 1.58. The van der Waals surface area contributed by atoms with Crippen LogP contribution in [0.5, 0.6) is 0 Å². The first-order valence-electron chi connectivity index (χ1n) is 5.87. The molecule has 0 saturated heterocycles. The zero-order valence-corrected chi connectivity index (χ0v) is 10.1. The van der Waals surface area contributed by atoms with Gasteiger partial charge in [-0.25, -0.2) is 9.97 Å². The van der Waals surface area contributed by atoms with Crippen molar-refractivity contribution in [2.45, 2.75) is 0 Å². The van der Waals surface area contributed by atoms with Gasteiger partial charge in [0.25, 0.3) is 0 Å². The van der Waals surface area contributed by atoms with Crippen molar-refractivity contribution in [3.05, 3.63) is 54.7 Å². The standard InChI is InChI=1S/C15H13N3/c1-16-14-9-10-17-15(18-14)13-8-4-6-11-5-2-3-7-12(11)13/h2-10H,1H3,(H,16,17,18). The maximum Gasteiger partial charge on any atom is 0.162 e. The van der Waals surface area contributed by atoms with Gasteiger partial charge in [-0.2, -0.15) is 0 Å². The van der Waals surface area contributed by atoms with Crippen LogP contribution in [-0.4, -0.2) is 17.0 Å². The van der Waals surface area contributed by atoms with Crippen LogP contribution in [0.15, 0.2) is 54.7 Å². The van der Waals surface area contributed by atoms with Gasteiger partial charge in [0.05, 0.1) is 0 Å². The summed E-state index contributed by atoms with van der Waals surface area (Å²) in [5.41, 5.74) is 1.06. The number of anilines is 1. The highest BCUT2D eigenvalue weighted by Gasteiger charge is 2.06. The Balaban J connectivity index is 2.24. The molecular weight excluding hydrogens is 222 g/mol. The van der Waals surface area contributed by atoms with Crippen LogP contribution in [0.25, 0.3) is 22.2 Å². The number of fused-ring (bicyclic) bond motifs is 1. The third kappa shape index (κ3) is 1.80. The Labute approximate surface area is 106 Å². The Hall–Kier alpha value is -2.42. The average Bonchev–Trinajstić information content (AvgIpc) is 2.47. The van der Waals surface area contributed by atoms with Crippen molar-refractivity contribution >= 4 is 16.6 Å². The van der Waals surface area contributed by atoms with Gasteiger partial charge in [0, 0.05) is 18.8 Å². The van der Waals surface area contributed by atoms with Crippen LogP contribution >= 0.6 is 0 Å². The molecule has 0 atom stereocenters. The van der Waals surface area contributed by atoms with Crippen LogP contribution in [0, 0.1) is 0 Å². The van der Waals surface area contributed by atoms with E-state index >= 15 is 0 Å². The van der Waals surface area contributed by atoms with E-state index in [1.807, 2.05) is 31.3 Å². The Morgan fingerprint density at radius 3 is 2.67 bits per heavy atom. The van der Waals surface area contributed by atoms with E-state index in [4.69, 9.17) is 0 Å². The van der Waals surface area contributed by atoms with Gasteiger partial charge in [-0.3, -0.25) is 0 Å². The summed E-state index contributed by atoms with van der Waals surface area (Å²) >= 11 is 0. The van der Waals surface area contributed by atoms with Gasteiger partial charge < -0.3 is 5.32 Å². The molecule has 0 bridgehead atoms. The van der Waals surface area contributed by atoms with Crippen LogP contribution in [0.4, 0.5) is 5.82 Å². The van der Waals surface area contributed by atoms with Gasteiger partial charge in [0.15, 0.2) is 5.82 Å². The van der Waals surface area contributed by atoms with E-state index in [1.54, 1.807) is 6.20 Å². The summed E-state index contributed by atoms with van der Waals surface area (Å²) in [4.78, 5) is 8.85. The van der Waals surface area contributed by atoms with Gasteiger partial charge in [0.2, 0.25) is 0 Å². The molecule has 0 radical (unpaired) electrons. The third-order valence-electron chi connectivity index (χ3n) is 2.94. The second kappa shape index (κ2) is 4.45. The van der Waals surface area contributed by atoms with Crippen LogP contribution in [0.2, 0.25) is 0 Å². The summed E-state index contributed by atoms with van der Waals surface area (Å²) in [5, 5.41) is 5.41. The predicted octanol–water partition coefficient (Wildman–Crippen LogP) is 3.34. The monoisotopic (exact) mass is 235 g/mol. The van der Waals surface area contributed by atoms with E-state index in [-0.39, 0.29) is 0 Å². The van der Waals surface area contributed by atoms with Crippen molar-refractivity contribution in [2.24, 2.45) is 0 Å². The van der Waals surface area contributed by atoms with Crippen LogP contribution in [0.1, 0.15) is 0 Å². The number of nitrogens with zero attached hydrogens (tertiary/aromatic N) is 2. The van der Waals surface area contributed by atoms with E-state index in [2.05, 4.69) is 39.6 Å². The van der Waals surface area contributed by atoms with Crippen molar-refractivity contribution in [1.82, 2.24) is 9.97 Å². The maximum absolute atomic E-state index is 4.49. The SMILES string of the molecule is CNc1ccnc(-c2cccc3ccccc23)n1. The fourth-order valence-electron chi connectivity index (χ4n) is 2.05. The molecule has 88 valence electrons. The van der Waals surface area contributed by atoms with Gasteiger partial charge in [-0.15, -0.1) is 0 Å². The molecule has 3 heteroatoms. The summed E-state index contributed by atoms with van der Waals surface area (Å²) in [7, 11) is 1.86. The lowest BCUT2D eigenvalue weighted by Gasteiger charge is -2.06. The summed E-state index contributed by atoms with van der Waals surface area (Å²) in [6.07, 6.45) is 1.77. The molecule has 1 heterocycles. The minimum atomic E-state index is 0.749. The summed E-state index contributed by atoms with van der Waals surface area (Å²) < 4.78 is 0. The molecule has 0 spiro atoms. The minimum absolute atomic E-state index is 0.749. The molecule has 18 heavy (non-hydrogen) atoms. The maximum atomic E-state index is 4.49. The normalized spacial score (nSPS) is 10.5. The molecule has 0 aliphatic rings. The van der Waals surface area contributed by atoms with E-state index < -0.39 is 0 Å². The average molecular weight is 235 g/mol. The van der Waals surface area contributed by atoms with Crippen molar-refractivity contribution in [3.63, 3.8) is 0 Å². The molecule has 1 N–H and O–H groups in total. The van der Waals surface area contributed by atoms with E-state index in [0.29, 0.717) is 0 Å². The Morgan fingerprint density at radius 1 is 0.944 bits per heavy atom. The van der Waals surface area contributed by atoms with E-state index in [0.717, 1.165) is 17.2 Å². The first kappa shape index (κ1) is 10.7. The molecule has 1 aromatic heterocycles. The number of nitrogens with one attached hydrogen (secondary N) is 1. The van der Waals surface area contributed by atoms with Crippen LogP contribution in [0.3, 0.4) is 0 Å². The zero-order chi connectivity index (χ0) is 12.4. The topological polar surface area (TPSA) is 37.8 Å². The quantitative estimate of drug-likeness (QED) is 0.740. The molecule has 0 amide bonds. The molecule has 3 rings (SSSR count). The number of aromatic nitrogens is 2. The molecule has 3 nitrogen and oxygen atoms in total. The Morgan fingerprint density at radius 2 is 1.78 bits per heavy atom. The number of benzene rings is 2. The van der Waals surface area contributed by atoms with Crippen molar-refractivity contribution < 1.29 is 0 Å². The lowest BCUT2D eigenvalue weighted by Crippen LogP contribution is -1.96. The Bertz CT molecular complexity index is 687. The molecule has 3 aromatic rings. The van der Waals surface area contributed by atoms with Crippen molar-refractivity contribution in [3.8, 4) is 11.4 Å². The molecular formula is C15H13N3. The molecule has 0 aliphatic carbocycles. The zero-order valence-electron chi connectivity index (χ0n) is 10.1. The lowest BCUT2D eigenvalue weighted by molar-refractivity contribution is 1.17. The highest BCUT2D eigenvalue weighted by Crippen LogP contribution is 2.26. The first-order chi connectivity index (χ1) is 8.88. The third-order valence-corrected chi connectivity index (χ3v) is 2.94. The molecule has 0 saturated carbocycles. The Kier molecular flexibility index (Phi) is 2.65. The summed E-state index contributed by atoms with van der Waals surface area (Å²) in [6.45, 7) is 0. The van der Waals surface area contributed by atoms with Crippen molar-refractivity contribution in [1.29, 1.82) is 0 Å². The highest BCUT2D eigenvalue weighted by atomic mass is 15.0. The summed E-state index contributed by atoms with van der Waals surface area (Å²) in [6, 6.07) is 16.3. The lowest BCUT2D eigenvalue weighted by atomic mass is 10.0. The van der Waals surface area contributed by atoms with Gasteiger partial charge >= 0.3 is 0 Å². The molecule has 0 unspecified atom stereocenters. The number of hydrogen-bond donors (Lipinski definition) is 1. The van der Waals surface area contributed by atoms with Gasteiger partial charge in [-0.05, 0) is 16.8 Å². The fourth-order valence-corrected chi connectivity index (χ4v) is 2.05. The fraction of sp³-hybridized carbons (Fsp3) is 0.0667. The van der Waals surface area contributed by atoms with E-state index in [1.165, 1.54) is 10.8 Å². The van der Waals surface area contributed by atoms with Crippen LogP contribution in [-0.2, 0) is 0 Å². The first-order valence-corrected chi connectivity index (χ1v) is 5.87. The number of rotatable bonds is 2. The van der Waals surface area contributed by atoms with Crippen LogP contribution < -0.4 is 5.32 Å². The molecule has 0 fully saturated rings. The molecule has 0 aliphatic heterocycles.